The van der Waals surface area contributed by atoms with Gasteiger partial charge in [0.25, 0.3) is 11.8 Å². The maximum atomic E-state index is 14.0. The number of benzene rings is 3. The Balaban J connectivity index is 2.07. The van der Waals surface area contributed by atoms with Crippen LogP contribution in [0.5, 0.6) is 0 Å². The van der Waals surface area contributed by atoms with Crippen LogP contribution in [0.15, 0.2) is 54.6 Å². The number of imide groups is 1. The van der Waals surface area contributed by atoms with Crippen LogP contribution in [0.25, 0.3) is 27.5 Å². The molecule has 10 heteroatoms. The lowest BCUT2D eigenvalue weighted by Crippen LogP contribution is -2.24. The highest BCUT2D eigenvalue weighted by atomic mass is 19.4. The average molecular weight is 462 g/mol. The molecule has 5 rings (SSSR count). The first kappa shape index (κ1) is 21.0. The van der Waals surface area contributed by atoms with Crippen molar-refractivity contribution in [1.82, 2.24) is 9.47 Å². The van der Waals surface area contributed by atoms with Crippen molar-refractivity contribution < 1.29 is 35.9 Å². The minimum Gasteiger partial charge on any atom is -0.307 e. The predicted octanol–water partition coefficient (Wildman–Crippen LogP) is 6.05. The Morgan fingerprint density at radius 3 is 1.64 bits per heavy atom. The third-order valence-corrected chi connectivity index (χ3v) is 5.76. The Kier molecular flexibility index (Phi) is 4.21. The SMILES string of the molecule is CN1C(=O)c2cccc(-n3c4c(C(F)(F)F)cccc4c4cccc(C(F)(F)F)c43)c2C1=O. The number of carbonyl (C=O) groups is 2. The summed E-state index contributed by atoms with van der Waals surface area (Å²) in [5, 5.41) is -0.123. The fourth-order valence-electron chi connectivity index (χ4n) is 4.38. The number of carbonyl (C=O) groups excluding carboxylic acids is 2. The second-order valence-corrected chi connectivity index (χ2v) is 7.60. The first-order valence-corrected chi connectivity index (χ1v) is 9.59. The van der Waals surface area contributed by atoms with Crippen LogP contribution >= 0.6 is 0 Å². The Morgan fingerprint density at radius 2 is 1.15 bits per heavy atom. The molecular formula is C23H12F6N2O2. The van der Waals surface area contributed by atoms with Crippen LogP contribution < -0.4 is 0 Å². The highest BCUT2D eigenvalue weighted by Crippen LogP contribution is 2.45. The standard InChI is InChI=1S/C23H12F6N2O2/c1-30-20(32)13-7-4-10-16(17(13)21(30)33)31-18-11(5-2-8-14(18)22(24,25)26)12-6-3-9-15(19(12)31)23(27,28)29/h2-10H,1H3. The van der Waals surface area contributed by atoms with E-state index in [1.165, 1.54) is 37.4 Å². The minimum atomic E-state index is -4.89. The Hall–Kier alpha value is -3.82. The van der Waals surface area contributed by atoms with Crippen LogP contribution in [0.1, 0.15) is 31.8 Å². The van der Waals surface area contributed by atoms with Crippen LogP contribution in [0.3, 0.4) is 0 Å². The van der Waals surface area contributed by atoms with E-state index < -0.39 is 46.3 Å². The summed E-state index contributed by atoms with van der Waals surface area (Å²) in [6.45, 7) is 0. The summed E-state index contributed by atoms with van der Waals surface area (Å²) in [6, 6.07) is 10.2. The molecule has 0 N–H and O–H groups in total. The molecule has 0 radical (unpaired) electrons. The number of alkyl halides is 6. The molecule has 168 valence electrons. The second kappa shape index (κ2) is 6.60. The van der Waals surface area contributed by atoms with Crippen LogP contribution in [0, 0.1) is 0 Å². The normalized spacial score (nSPS) is 14.6. The van der Waals surface area contributed by atoms with Crippen LogP contribution in [0.4, 0.5) is 26.3 Å². The highest BCUT2D eigenvalue weighted by molar-refractivity contribution is 6.23. The number of halogens is 6. The van der Waals surface area contributed by atoms with Crippen LogP contribution in [-0.4, -0.2) is 28.3 Å². The van der Waals surface area contributed by atoms with Crippen LogP contribution in [-0.2, 0) is 12.4 Å². The van der Waals surface area contributed by atoms with E-state index in [2.05, 4.69) is 0 Å². The number of hydrogen-bond donors (Lipinski definition) is 0. The summed E-state index contributed by atoms with van der Waals surface area (Å²) in [6.07, 6.45) is -9.78. The zero-order chi connectivity index (χ0) is 23.9. The van der Waals surface area contributed by atoms with Gasteiger partial charge >= 0.3 is 12.4 Å². The van der Waals surface area contributed by atoms with Crippen molar-refractivity contribution in [2.75, 3.05) is 7.05 Å². The monoisotopic (exact) mass is 462 g/mol. The van der Waals surface area contributed by atoms with Gasteiger partial charge in [-0.2, -0.15) is 26.3 Å². The van der Waals surface area contributed by atoms with Crippen molar-refractivity contribution in [3.63, 3.8) is 0 Å². The lowest BCUT2D eigenvalue weighted by molar-refractivity contribution is -0.136. The van der Waals surface area contributed by atoms with Crippen molar-refractivity contribution in [2.24, 2.45) is 0 Å². The first-order valence-electron chi connectivity index (χ1n) is 9.59. The maximum absolute atomic E-state index is 14.0. The van der Waals surface area contributed by atoms with Gasteiger partial charge in [-0.15, -0.1) is 0 Å². The molecule has 4 aromatic rings. The molecule has 0 atom stereocenters. The molecule has 3 aromatic carbocycles. The molecular weight excluding hydrogens is 450 g/mol. The van der Waals surface area contributed by atoms with E-state index >= 15 is 0 Å². The van der Waals surface area contributed by atoms with E-state index in [0.717, 1.165) is 33.7 Å². The predicted molar refractivity (Wildman–Crippen MR) is 107 cm³/mol. The van der Waals surface area contributed by atoms with Gasteiger partial charge in [-0.1, -0.05) is 30.3 Å². The van der Waals surface area contributed by atoms with Gasteiger partial charge in [0.15, 0.2) is 0 Å². The molecule has 1 aromatic heterocycles. The molecule has 33 heavy (non-hydrogen) atoms. The van der Waals surface area contributed by atoms with E-state index in [1.807, 2.05) is 0 Å². The molecule has 0 aliphatic carbocycles. The number of fused-ring (bicyclic) bond motifs is 4. The number of rotatable bonds is 1. The molecule has 0 fully saturated rings. The smallest absolute Gasteiger partial charge is 0.307 e. The summed E-state index contributed by atoms with van der Waals surface area (Å²) in [5.41, 5.74) is -3.95. The Bertz CT molecular complexity index is 1430. The van der Waals surface area contributed by atoms with E-state index in [4.69, 9.17) is 0 Å². The maximum Gasteiger partial charge on any atom is 0.418 e. The molecule has 0 saturated carbocycles. The summed E-state index contributed by atoms with van der Waals surface area (Å²) in [4.78, 5) is 26.0. The number of amides is 2. The second-order valence-electron chi connectivity index (χ2n) is 7.60. The Labute approximate surface area is 181 Å². The van der Waals surface area contributed by atoms with Crippen molar-refractivity contribution in [3.8, 4) is 5.69 Å². The highest BCUT2D eigenvalue weighted by Gasteiger charge is 2.41. The Morgan fingerprint density at radius 1 is 0.667 bits per heavy atom. The molecule has 4 nitrogen and oxygen atoms in total. The molecule has 1 aliphatic rings. The third-order valence-electron chi connectivity index (χ3n) is 5.76. The fraction of sp³-hybridized carbons (Fsp3) is 0.130. The van der Waals surface area contributed by atoms with E-state index in [0.29, 0.717) is 0 Å². The minimum absolute atomic E-state index is 0.0614. The van der Waals surface area contributed by atoms with Gasteiger partial charge in [0.1, 0.15) is 0 Å². The van der Waals surface area contributed by atoms with Gasteiger partial charge in [0, 0.05) is 17.8 Å². The van der Waals surface area contributed by atoms with Gasteiger partial charge < -0.3 is 4.57 Å². The summed E-state index contributed by atoms with van der Waals surface area (Å²) in [5.74, 6) is -1.50. The topological polar surface area (TPSA) is 42.3 Å². The molecule has 1 aliphatic heterocycles. The molecule has 2 heterocycles. The van der Waals surface area contributed by atoms with E-state index in [1.54, 1.807) is 0 Å². The quantitative estimate of drug-likeness (QED) is 0.255. The van der Waals surface area contributed by atoms with Gasteiger partial charge in [-0.05, 0) is 24.3 Å². The van der Waals surface area contributed by atoms with E-state index in [-0.39, 0.29) is 27.6 Å². The van der Waals surface area contributed by atoms with Crippen molar-refractivity contribution in [3.05, 3.63) is 76.9 Å². The number of aromatic nitrogens is 1. The summed E-state index contributed by atoms with van der Waals surface area (Å²) in [7, 11) is 1.20. The van der Waals surface area contributed by atoms with Crippen molar-refractivity contribution in [2.45, 2.75) is 12.4 Å². The zero-order valence-electron chi connectivity index (χ0n) is 16.7. The van der Waals surface area contributed by atoms with Gasteiger partial charge in [-0.3, -0.25) is 14.5 Å². The molecule has 0 bridgehead atoms. The molecule has 0 spiro atoms. The van der Waals surface area contributed by atoms with Crippen LogP contribution in [0.2, 0.25) is 0 Å². The third kappa shape index (κ3) is 2.86. The van der Waals surface area contributed by atoms with Crippen molar-refractivity contribution in [1.29, 1.82) is 0 Å². The van der Waals surface area contributed by atoms with E-state index in [9.17, 15) is 35.9 Å². The lowest BCUT2D eigenvalue weighted by Gasteiger charge is -2.17. The number of para-hydroxylation sites is 2. The van der Waals surface area contributed by atoms with Gasteiger partial charge in [-0.25, -0.2) is 0 Å². The van der Waals surface area contributed by atoms with Gasteiger partial charge in [0.05, 0.1) is 39.0 Å². The van der Waals surface area contributed by atoms with Crippen molar-refractivity contribution >= 4 is 33.6 Å². The summed E-state index contributed by atoms with van der Waals surface area (Å²) < 4.78 is 84.7. The lowest BCUT2D eigenvalue weighted by atomic mass is 10.1. The molecule has 2 amide bonds. The zero-order valence-corrected chi connectivity index (χ0v) is 16.7. The largest absolute Gasteiger partial charge is 0.418 e. The summed E-state index contributed by atoms with van der Waals surface area (Å²) >= 11 is 0. The number of nitrogens with zero attached hydrogens (tertiary/aromatic N) is 2. The average Bonchev–Trinajstić information content (AvgIpc) is 3.20. The first-order chi connectivity index (χ1) is 15.4. The molecule has 0 unspecified atom stereocenters. The van der Waals surface area contributed by atoms with Gasteiger partial charge in [0.2, 0.25) is 0 Å². The molecule has 0 saturated heterocycles. The fourth-order valence-corrected chi connectivity index (χ4v) is 4.38. The number of hydrogen-bond acceptors (Lipinski definition) is 2.